The van der Waals surface area contributed by atoms with Crippen LogP contribution >= 0.6 is 15.9 Å². The average molecular weight is 302 g/mol. The van der Waals surface area contributed by atoms with Crippen molar-refractivity contribution in [2.45, 2.75) is 19.1 Å². The van der Waals surface area contributed by atoms with Crippen LogP contribution in [0.4, 0.5) is 0 Å². The highest BCUT2D eigenvalue weighted by Crippen LogP contribution is 2.33. The molecule has 0 radical (unpaired) electrons. The van der Waals surface area contributed by atoms with Crippen LogP contribution in [0.3, 0.4) is 0 Å². The van der Waals surface area contributed by atoms with E-state index in [2.05, 4.69) is 15.9 Å². The van der Waals surface area contributed by atoms with E-state index < -0.39 is 12.0 Å². The first-order valence-electron chi connectivity index (χ1n) is 5.08. The summed E-state index contributed by atoms with van der Waals surface area (Å²) in [5, 5.41) is 8.73. The standard InChI is InChI=1S/C11H12BrNO4/c12-8-1-6-4-16-5-17-10(6)2-7(8)9(13)3-11(14)15/h1-2,9H,3-5,13H2,(H,14,15). The molecule has 1 aromatic rings. The number of carbonyl (C=O) groups is 1. The summed E-state index contributed by atoms with van der Waals surface area (Å²) in [4.78, 5) is 10.6. The second-order valence-electron chi connectivity index (χ2n) is 3.80. The Morgan fingerprint density at radius 2 is 2.35 bits per heavy atom. The van der Waals surface area contributed by atoms with Gasteiger partial charge in [0, 0.05) is 16.1 Å². The lowest BCUT2D eigenvalue weighted by Crippen LogP contribution is -2.17. The minimum absolute atomic E-state index is 0.117. The molecule has 1 atom stereocenters. The van der Waals surface area contributed by atoms with Gasteiger partial charge in [-0.15, -0.1) is 0 Å². The van der Waals surface area contributed by atoms with E-state index in [9.17, 15) is 4.79 Å². The Balaban J connectivity index is 2.31. The zero-order chi connectivity index (χ0) is 12.4. The molecule has 2 rings (SSSR count). The molecule has 1 aromatic carbocycles. The van der Waals surface area contributed by atoms with Crippen molar-refractivity contribution in [1.82, 2.24) is 0 Å². The summed E-state index contributed by atoms with van der Waals surface area (Å²) in [6.45, 7) is 0.699. The summed E-state index contributed by atoms with van der Waals surface area (Å²) in [5.41, 5.74) is 7.49. The second kappa shape index (κ2) is 5.03. The van der Waals surface area contributed by atoms with E-state index in [1.165, 1.54) is 0 Å². The quantitative estimate of drug-likeness (QED) is 0.889. The summed E-state index contributed by atoms with van der Waals surface area (Å²) >= 11 is 3.38. The molecule has 5 nitrogen and oxygen atoms in total. The van der Waals surface area contributed by atoms with Crippen LogP contribution in [0.5, 0.6) is 5.75 Å². The van der Waals surface area contributed by atoms with Crippen molar-refractivity contribution in [1.29, 1.82) is 0 Å². The first kappa shape index (κ1) is 12.3. The lowest BCUT2D eigenvalue weighted by Gasteiger charge is -2.21. The number of fused-ring (bicyclic) bond motifs is 1. The molecule has 0 aliphatic carbocycles. The molecule has 0 saturated carbocycles. The molecular formula is C11H12BrNO4. The lowest BCUT2D eigenvalue weighted by molar-refractivity contribution is -0.137. The Bertz CT molecular complexity index is 449. The lowest BCUT2D eigenvalue weighted by atomic mass is 10.0. The van der Waals surface area contributed by atoms with E-state index in [1.807, 2.05) is 6.07 Å². The molecule has 0 bridgehead atoms. The number of rotatable bonds is 3. The van der Waals surface area contributed by atoms with Gasteiger partial charge in [0.1, 0.15) is 5.75 Å². The fourth-order valence-electron chi connectivity index (χ4n) is 1.70. The number of nitrogens with two attached hydrogens (primary N) is 1. The monoisotopic (exact) mass is 301 g/mol. The summed E-state index contributed by atoms with van der Waals surface area (Å²) < 4.78 is 11.3. The molecule has 0 aromatic heterocycles. The molecule has 6 heteroatoms. The van der Waals surface area contributed by atoms with Crippen LogP contribution in [0, 0.1) is 0 Å². The third-order valence-corrected chi connectivity index (χ3v) is 3.22. The smallest absolute Gasteiger partial charge is 0.305 e. The summed E-state index contributed by atoms with van der Waals surface area (Å²) in [6.07, 6.45) is -0.117. The molecule has 0 saturated heterocycles. The third-order valence-electron chi connectivity index (χ3n) is 2.53. The fraction of sp³-hybridized carbons (Fsp3) is 0.364. The van der Waals surface area contributed by atoms with Crippen molar-refractivity contribution in [2.24, 2.45) is 5.73 Å². The van der Waals surface area contributed by atoms with Gasteiger partial charge in [-0.25, -0.2) is 0 Å². The SMILES string of the molecule is NC(CC(=O)O)c1cc2c(cc1Br)COCO2. The maximum atomic E-state index is 10.6. The number of ether oxygens (including phenoxy) is 2. The van der Waals surface area contributed by atoms with E-state index in [-0.39, 0.29) is 13.2 Å². The number of benzene rings is 1. The Morgan fingerprint density at radius 3 is 3.06 bits per heavy atom. The predicted molar refractivity (Wildman–Crippen MR) is 63.6 cm³/mol. The minimum Gasteiger partial charge on any atom is -0.481 e. The number of carboxylic acid groups (broad SMARTS) is 1. The van der Waals surface area contributed by atoms with Crippen LogP contribution in [0.2, 0.25) is 0 Å². The van der Waals surface area contributed by atoms with Crippen molar-refractivity contribution < 1.29 is 19.4 Å². The molecule has 1 aliphatic rings. The average Bonchev–Trinajstić information content (AvgIpc) is 2.27. The normalized spacial score (nSPS) is 15.9. The number of carboxylic acids is 1. The van der Waals surface area contributed by atoms with Gasteiger partial charge >= 0.3 is 5.97 Å². The highest BCUT2D eigenvalue weighted by Gasteiger charge is 2.19. The minimum atomic E-state index is -0.925. The van der Waals surface area contributed by atoms with E-state index in [4.69, 9.17) is 20.3 Å². The number of halogens is 1. The first-order valence-corrected chi connectivity index (χ1v) is 5.87. The zero-order valence-corrected chi connectivity index (χ0v) is 10.6. The maximum Gasteiger partial charge on any atom is 0.305 e. The van der Waals surface area contributed by atoms with Crippen molar-refractivity contribution in [3.63, 3.8) is 0 Å². The summed E-state index contributed by atoms with van der Waals surface area (Å²) in [7, 11) is 0. The highest BCUT2D eigenvalue weighted by atomic mass is 79.9. The summed E-state index contributed by atoms with van der Waals surface area (Å²) in [6, 6.07) is 3.07. The first-order chi connectivity index (χ1) is 8.08. The largest absolute Gasteiger partial charge is 0.481 e. The van der Waals surface area contributed by atoms with Gasteiger partial charge in [0.25, 0.3) is 0 Å². The van der Waals surface area contributed by atoms with Gasteiger partial charge in [-0.2, -0.15) is 0 Å². The molecule has 1 heterocycles. The van der Waals surface area contributed by atoms with Crippen LogP contribution in [0.15, 0.2) is 16.6 Å². The molecular weight excluding hydrogens is 290 g/mol. The van der Waals surface area contributed by atoms with E-state index in [0.29, 0.717) is 12.4 Å². The molecule has 17 heavy (non-hydrogen) atoms. The molecule has 1 aliphatic heterocycles. The van der Waals surface area contributed by atoms with Crippen LogP contribution in [-0.2, 0) is 16.1 Å². The maximum absolute atomic E-state index is 10.6. The van der Waals surface area contributed by atoms with Crippen LogP contribution in [0.25, 0.3) is 0 Å². The van der Waals surface area contributed by atoms with Gasteiger partial charge in [-0.3, -0.25) is 4.79 Å². The van der Waals surface area contributed by atoms with Gasteiger partial charge in [-0.05, 0) is 17.7 Å². The number of hydrogen-bond acceptors (Lipinski definition) is 4. The van der Waals surface area contributed by atoms with Gasteiger partial charge < -0.3 is 20.3 Å². The third kappa shape index (κ3) is 2.77. The zero-order valence-electron chi connectivity index (χ0n) is 8.98. The van der Waals surface area contributed by atoms with Gasteiger partial charge in [0.15, 0.2) is 6.79 Å². The van der Waals surface area contributed by atoms with Gasteiger partial charge in [0.2, 0.25) is 0 Å². The van der Waals surface area contributed by atoms with Crippen molar-refractivity contribution in [2.75, 3.05) is 6.79 Å². The van der Waals surface area contributed by atoms with E-state index in [1.54, 1.807) is 6.07 Å². The summed E-state index contributed by atoms with van der Waals surface area (Å²) in [5.74, 6) is -0.221. The molecule has 0 fully saturated rings. The highest BCUT2D eigenvalue weighted by molar-refractivity contribution is 9.10. The molecule has 1 unspecified atom stereocenters. The Hall–Kier alpha value is -1.11. The predicted octanol–water partition coefficient (Wildman–Crippen LogP) is 1.79. The topological polar surface area (TPSA) is 81.8 Å². The van der Waals surface area contributed by atoms with E-state index in [0.717, 1.165) is 15.6 Å². The molecule has 0 amide bonds. The van der Waals surface area contributed by atoms with Gasteiger partial charge in [0.05, 0.1) is 13.0 Å². The Kier molecular flexibility index (Phi) is 3.66. The fourth-order valence-corrected chi connectivity index (χ4v) is 2.38. The molecule has 3 N–H and O–H groups in total. The number of aliphatic carboxylic acids is 1. The van der Waals surface area contributed by atoms with Crippen molar-refractivity contribution in [3.8, 4) is 5.75 Å². The second-order valence-corrected chi connectivity index (χ2v) is 4.65. The van der Waals surface area contributed by atoms with Crippen molar-refractivity contribution >= 4 is 21.9 Å². The number of hydrogen-bond donors (Lipinski definition) is 2. The Morgan fingerprint density at radius 1 is 1.59 bits per heavy atom. The van der Waals surface area contributed by atoms with Crippen molar-refractivity contribution in [3.05, 3.63) is 27.7 Å². The van der Waals surface area contributed by atoms with Crippen LogP contribution in [0.1, 0.15) is 23.6 Å². The van der Waals surface area contributed by atoms with Crippen LogP contribution in [-0.4, -0.2) is 17.9 Å². The molecule has 0 spiro atoms. The van der Waals surface area contributed by atoms with E-state index >= 15 is 0 Å². The van der Waals surface area contributed by atoms with Crippen LogP contribution < -0.4 is 10.5 Å². The molecule has 92 valence electrons. The van der Waals surface area contributed by atoms with Gasteiger partial charge in [-0.1, -0.05) is 15.9 Å². The Labute approximate surface area is 107 Å².